The smallest absolute Gasteiger partial charge is 0.112 e. The normalized spacial score (nSPS) is 9.20. The third-order valence-corrected chi connectivity index (χ3v) is 1.23. The summed E-state index contributed by atoms with van der Waals surface area (Å²) in [6.45, 7) is 0. The van der Waals surface area contributed by atoms with Crippen molar-refractivity contribution in [1.82, 2.24) is 15.4 Å². The van der Waals surface area contributed by atoms with Crippen LogP contribution in [0.25, 0.3) is 11.0 Å². The lowest BCUT2D eigenvalue weighted by Gasteiger charge is -1.79. The Balaban J connectivity index is 0.000000500. The second kappa shape index (κ2) is 2.61. The second-order valence-corrected chi connectivity index (χ2v) is 1.83. The van der Waals surface area contributed by atoms with Crippen LogP contribution in [-0.4, -0.2) is 26.4 Å². The molecule has 2 aromatic rings. The molecule has 0 spiro atoms. The second-order valence-electron chi connectivity index (χ2n) is 1.83. The summed E-state index contributed by atoms with van der Waals surface area (Å²) < 4.78 is 0. The predicted octanol–water partition coefficient (Wildman–Crippen LogP) is -0.494. The lowest BCUT2D eigenvalue weighted by molar-refractivity contribution is 0.959. The highest BCUT2D eigenvalue weighted by Crippen LogP contribution is 2.03. The van der Waals surface area contributed by atoms with E-state index in [0.29, 0.717) is 0 Å². The van der Waals surface area contributed by atoms with Gasteiger partial charge in [-0.15, -0.1) is 5.10 Å². The first kappa shape index (κ1) is 6.95. The maximum Gasteiger partial charge on any atom is 0.112 e. The average molecular weight is 151 g/mol. The fraction of sp³-hybridized carbons (Fsp3) is 0. The summed E-state index contributed by atoms with van der Waals surface area (Å²) in [5, 5.41) is 10.2. The number of hydrogen-bond acceptors (Lipinski definition) is 2. The summed E-state index contributed by atoms with van der Waals surface area (Å²) in [5.74, 6) is 0. The number of rotatable bonds is 0. The van der Waals surface area contributed by atoms with Crippen LogP contribution < -0.4 is 0 Å². The van der Waals surface area contributed by atoms with E-state index >= 15 is 0 Å². The Labute approximate surface area is 62.5 Å². The van der Waals surface area contributed by atoms with Crippen molar-refractivity contribution >= 4 is 22.0 Å². The monoisotopic (exact) mass is 151 g/mol. The zero-order valence-electron chi connectivity index (χ0n) is 4.70. The molecule has 1 aromatic heterocycles. The topological polar surface area (TPSA) is 41.6 Å². The summed E-state index contributed by atoms with van der Waals surface area (Å²) >= 11 is 0. The molecule has 52 valence electrons. The number of nitrogens with zero attached hydrogens (tertiary/aromatic N) is 2. The van der Waals surface area contributed by atoms with Gasteiger partial charge >= 0.3 is 0 Å². The number of para-hydroxylation sites is 1. The van der Waals surface area contributed by atoms with Crippen LogP contribution in [0, 0.1) is 0 Å². The van der Waals surface area contributed by atoms with Gasteiger partial charge in [-0.05, 0) is 23.1 Å². The Morgan fingerprint density at radius 3 is 2.80 bits per heavy atom. The molecule has 2 rings (SSSR count). The van der Waals surface area contributed by atoms with Gasteiger partial charge in [0.05, 0.1) is 5.52 Å². The first-order valence-electron chi connectivity index (χ1n) is 2.72. The Kier molecular flexibility index (Phi) is 1.82. The molecule has 1 N–H and O–H groups in total. The summed E-state index contributed by atoms with van der Waals surface area (Å²) in [4.78, 5) is 0. The number of aromatic amines is 1. The zero-order chi connectivity index (χ0) is 6.10. The van der Waals surface area contributed by atoms with Gasteiger partial charge in [0.2, 0.25) is 0 Å². The van der Waals surface area contributed by atoms with Crippen molar-refractivity contribution < 1.29 is 0 Å². The highest BCUT2D eigenvalue weighted by atomic mass is 28.1. The van der Waals surface area contributed by atoms with E-state index < -0.39 is 0 Å². The summed E-state index contributed by atoms with van der Waals surface area (Å²) in [6, 6.07) is 7.74. The quantitative estimate of drug-likeness (QED) is 0.516. The average Bonchev–Trinajstić information content (AvgIpc) is 2.33. The molecule has 0 saturated carbocycles. The Bertz CT molecular complexity index is 287. The Morgan fingerprint density at radius 1 is 1.20 bits per heavy atom. The third kappa shape index (κ3) is 0.929. The molecule has 3 nitrogen and oxygen atoms in total. The molecule has 4 heteroatoms. The van der Waals surface area contributed by atoms with Crippen LogP contribution >= 0.6 is 0 Å². The Morgan fingerprint density at radius 2 is 2.00 bits per heavy atom. The fourth-order valence-corrected chi connectivity index (χ4v) is 0.788. The van der Waals surface area contributed by atoms with E-state index in [9.17, 15) is 0 Å². The molecule has 0 radical (unpaired) electrons. The molecule has 1 aromatic carbocycles. The Hall–Kier alpha value is -1.16. The van der Waals surface area contributed by atoms with Crippen molar-refractivity contribution in [3.8, 4) is 0 Å². The molecule has 0 amide bonds. The number of fused-ring (bicyclic) bond motifs is 1. The molecule has 1 heterocycles. The van der Waals surface area contributed by atoms with Gasteiger partial charge in [-0.2, -0.15) is 0 Å². The van der Waals surface area contributed by atoms with E-state index in [1.165, 1.54) is 0 Å². The van der Waals surface area contributed by atoms with Crippen molar-refractivity contribution in [2.75, 3.05) is 0 Å². The van der Waals surface area contributed by atoms with Crippen LogP contribution in [0.4, 0.5) is 0 Å². The molecule has 0 aliphatic heterocycles. The van der Waals surface area contributed by atoms with Gasteiger partial charge < -0.3 is 0 Å². The number of nitrogens with one attached hydrogen (secondary N) is 1. The van der Waals surface area contributed by atoms with Crippen molar-refractivity contribution in [3.05, 3.63) is 24.3 Å². The molecule has 0 aliphatic carbocycles. The molecular weight excluding hydrogens is 142 g/mol. The van der Waals surface area contributed by atoms with Crippen LogP contribution in [0.5, 0.6) is 0 Å². The molecular formula is C6H9N3Si. The molecule has 0 bridgehead atoms. The van der Waals surface area contributed by atoms with Gasteiger partial charge in [0, 0.05) is 0 Å². The third-order valence-electron chi connectivity index (χ3n) is 1.23. The molecule has 0 saturated heterocycles. The van der Waals surface area contributed by atoms with E-state index in [1.807, 2.05) is 24.3 Å². The van der Waals surface area contributed by atoms with Crippen molar-refractivity contribution in [2.45, 2.75) is 0 Å². The maximum atomic E-state index is 3.81. The fourth-order valence-electron chi connectivity index (χ4n) is 0.788. The zero-order valence-corrected chi connectivity index (χ0v) is 4.70. The van der Waals surface area contributed by atoms with Gasteiger partial charge in [0.1, 0.15) is 5.52 Å². The first-order valence-corrected chi connectivity index (χ1v) is 2.72. The van der Waals surface area contributed by atoms with Gasteiger partial charge in [-0.1, -0.05) is 17.3 Å². The minimum Gasteiger partial charge on any atom is -0.258 e. The molecule has 10 heavy (non-hydrogen) atoms. The highest BCUT2D eigenvalue weighted by Gasteiger charge is 1.90. The van der Waals surface area contributed by atoms with Crippen LogP contribution in [0.1, 0.15) is 0 Å². The maximum absolute atomic E-state index is 3.81. The van der Waals surface area contributed by atoms with Crippen LogP contribution in [0.2, 0.25) is 0 Å². The van der Waals surface area contributed by atoms with Crippen molar-refractivity contribution in [2.24, 2.45) is 0 Å². The molecule has 0 atom stereocenters. The molecule has 0 aliphatic rings. The SMILES string of the molecule is [SiH4].c1ccc2[nH]nnc2c1. The minimum absolute atomic E-state index is 0. The van der Waals surface area contributed by atoms with Gasteiger partial charge in [-0.3, -0.25) is 5.10 Å². The van der Waals surface area contributed by atoms with E-state index in [0.717, 1.165) is 11.0 Å². The van der Waals surface area contributed by atoms with Crippen molar-refractivity contribution in [3.63, 3.8) is 0 Å². The highest BCUT2D eigenvalue weighted by molar-refractivity contribution is 5.75. The summed E-state index contributed by atoms with van der Waals surface area (Å²) in [5.41, 5.74) is 1.90. The number of aromatic nitrogens is 3. The summed E-state index contributed by atoms with van der Waals surface area (Å²) in [7, 11) is 0. The number of H-pyrrole nitrogens is 1. The van der Waals surface area contributed by atoms with E-state index in [-0.39, 0.29) is 11.0 Å². The van der Waals surface area contributed by atoms with Crippen LogP contribution in [0.3, 0.4) is 0 Å². The van der Waals surface area contributed by atoms with Crippen LogP contribution in [-0.2, 0) is 0 Å². The van der Waals surface area contributed by atoms with E-state index in [4.69, 9.17) is 0 Å². The molecule has 0 unspecified atom stereocenters. The predicted molar refractivity (Wildman–Crippen MR) is 45.2 cm³/mol. The lowest BCUT2D eigenvalue weighted by atomic mass is 10.3. The standard InChI is InChI=1S/C6H5N3.H4Si/c1-2-4-6-5(3-1)7-9-8-6;/h1-4H,(H,7,8,9);1H4. The van der Waals surface area contributed by atoms with Crippen LogP contribution in [0.15, 0.2) is 24.3 Å². The lowest BCUT2D eigenvalue weighted by Crippen LogP contribution is -1.63. The van der Waals surface area contributed by atoms with E-state index in [1.54, 1.807) is 0 Å². The number of benzene rings is 1. The van der Waals surface area contributed by atoms with Gasteiger partial charge in [-0.25, -0.2) is 0 Å². The minimum atomic E-state index is 0. The van der Waals surface area contributed by atoms with Crippen molar-refractivity contribution in [1.29, 1.82) is 0 Å². The largest absolute Gasteiger partial charge is 0.258 e. The first-order chi connectivity index (χ1) is 4.47. The number of hydrogen-bond donors (Lipinski definition) is 1. The van der Waals surface area contributed by atoms with E-state index in [2.05, 4.69) is 15.4 Å². The van der Waals surface area contributed by atoms with Gasteiger partial charge in [0.25, 0.3) is 0 Å². The van der Waals surface area contributed by atoms with Gasteiger partial charge in [0.15, 0.2) is 0 Å². The summed E-state index contributed by atoms with van der Waals surface area (Å²) in [6.07, 6.45) is 0. The molecule has 0 fully saturated rings.